The normalized spacial score (nSPS) is 11.6. The molecule has 0 fully saturated rings. The molecule has 22 heavy (non-hydrogen) atoms. The summed E-state index contributed by atoms with van der Waals surface area (Å²) >= 11 is 1.47. The van der Waals surface area contributed by atoms with E-state index in [9.17, 15) is 0 Å². The van der Waals surface area contributed by atoms with Gasteiger partial charge >= 0.3 is 0 Å². The van der Waals surface area contributed by atoms with Crippen LogP contribution in [0.3, 0.4) is 0 Å². The van der Waals surface area contributed by atoms with Crippen LogP contribution in [0.1, 0.15) is 25.5 Å². The maximum Gasteiger partial charge on any atom is 0.235 e. The highest BCUT2D eigenvalue weighted by Crippen LogP contribution is 2.28. The maximum absolute atomic E-state index is 4.59. The molecule has 0 saturated heterocycles. The molecule has 4 heterocycles. The van der Waals surface area contributed by atoms with Gasteiger partial charge in [0, 0.05) is 23.7 Å². The van der Waals surface area contributed by atoms with Crippen molar-refractivity contribution in [2.24, 2.45) is 0 Å². The van der Waals surface area contributed by atoms with Crippen LogP contribution < -0.4 is 0 Å². The van der Waals surface area contributed by atoms with E-state index >= 15 is 0 Å². The third-order valence-corrected chi connectivity index (χ3v) is 4.27. The van der Waals surface area contributed by atoms with Gasteiger partial charge in [-0.25, -0.2) is 0 Å². The minimum absolute atomic E-state index is 0.401. The summed E-state index contributed by atoms with van der Waals surface area (Å²) in [7, 11) is 0. The third kappa shape index (κ3) is 2.08. The van der Waals surface area contributed by atoms with Gasteiger partial charge in [-0.15, -0.1) is 10.2 Å². The monoisotopic (exact) mass is 311 g/mol. The minimum atomic E-state index is 0.401. The predicted molar refractivity (Wildman–Crippen MR) is 83.6 cm³/mol. The number of hydrogen-bond acceptors (Lipinski definition) is 6. The second kappa shape index (κ2) is 4.99. The lowest BCUT2D eigenvalue weighted by molar-refractivity contribution is 0.810. The zero-order chi connectivity index (χ0) is 15.1. The van der Waals surface area contributed by atoms with Crippen molar-refractivity contribution in [1.29, 1.82) is 0 Å². The van der Waals surface area contributed by atoms with Crippen LogP contribution in [0.25, 0.3) is 27.1 Å². The number of hydrogen-bond donors (Lipinski definition) is 1. The first-order chi connectivity index (χ1) is 10.7. The minimum Gasteiger partial charge on any atom is -0.282 e. The van der Waals surface area contributed by atoms with E-state index in [1.165, 1.54) is 11.3 Å². The summed E-state index contributed by atoms with van der Waals surface area (Å²) in [6.45, 7) is 4.24. The first-order valence-electron chi connectivity index (χ1n) is 6.90. The highest BCUT2D eigenvalue weighted by Gasteiger charge is 2.16. The van der Waals surface area contributed by atoms with Crippen LogP contribution in [0, 0.1) is 0 Å². The fraction of sp³-hybridized carbons (Fsp3) is 0.214. The Balaban J connectivity index is 1.80. The molecule has 4 aromatic rings. The van der Waals surface area contributed by atoms with Crippen molar-refractivity contribution < 1.29 is 0 Å². The van der Waals surface area contributed by atoms with Crippen molar-refractivity contribution in [1.82, 2.24) is 35.0 Å². The Morgan fingerprint density at radius 3 is 2.91 bits per heavy atom. The molecule has 0 bridgehead atoms. The molecule has 0 unspecified atom stereocenters. The quantitative estimate of drug-likeness (QED) is 0.629. The second-order valence-electron chi connectivity index (χ2n) is 5.23. The lowest BCUT2D eigenvalue weighted by atomic mass is 10.1. The number of H-pyrrole nitrogens is 1. The second-order valence-corrected chi connectivity index (χ2v) is 6.19. The summed E-state index contributed by atoms with van der Waals surface area (Å²) in [5, 5.41) is 21.2. The molecule has 0 saturated carbocycles. The first-order valence-corrected chi connectivity index (χ1v) is 7.72. The number of nitrogens with zero attached hydrogens (tertiary/aromatic N) is 6. The number of nitrogens with one attached hydrogen (secondary N) is 1. The first kappa shape index (κ1) is 13.1. The Bertz CT molecular complexity index is 919. The summed E-state index contributed by atoms with van der Waals surface area (Å²) in [4.78, 5) is 4.85. The van der Waals surface area contributed by atoms with Crippen LogP contribution in [0.4, 0.5) is 0 Å². The zero-order valence-corrected chi connectivity index (χ0v) is 12.9. The SMILES string of the molecule is CC(C)c1cc(-c2nn3c(-c4cccnc4)nnc3s2)n[nH]1. The molecule has 0 aliphatic rings. The number of pyridine rings is 1. The fourth-order valence-electron chi connectivity index (χ4n) is 2.14. The summed E-state index contributed by atoms with van der Waals surface area (Å²) in [5.74, 6) is 1.09. The van der Waals surface area contributed by atoms with Gasteiger partial charge in [-0.2, -0.15) is 14.7 Å². The van der Waals surface area contributed by atoms with Crippen molar-refractivity contribution in [2.75, 3.05) is 0 Å². The van der Waals surface area contributed by atoms with Gasteiger partial charge in [0.05, 0.1) is 0 Å². The van der Waals surface area contributed by atoms with Crippen LogP contribution in [0.5, 0.6) is 0 Å². The molecule has 0 atom stereocenters. The van der Waals surface area contributed by atoms with E-state index < -0.39 is 0 Å². The third-order valence-electron chi connectivity index (χ3n) is 3.35. The Hall–Kier alpha value is -2.61. The highest BCUT2D eigenvalue weighted by molar-refractivity contribution is 7.19. The van der Waals surface area contributed by atoms with E-state index in [2.05, 4.69) is 44.3 Å². The Kier molecular flexibility index (Phi) is 2.97. The lowest BCUT2D eigenvalue weighted by Gasteiger charge is -1.96. The van der Waals surface area contributed by atoms with Crippen molar-refractivity contribution in [3.63, 3.8) is 0 Å². The topological polar surface area (TPSA) is 84.7 Å². The summed E-state index contributed by atoms with van der Waals surface area (Å²) in [6.07, 6.45) is 3.48. The Morgan fingerprint density at radius 2 is 2.18 bits per heavy atom. The van der Waals surface area contributed by atoms with Crippen molar-refractivity contribution in [3.8, 4) is 22.1 Å². The van der Waals surface area contributed by atoms with Gasteiger partial charge in [0.15, 0.2) is 10.8 Å². The fourth-order valence-corrected chi connectivity index (χ4v) is 2.94. The molecule has 0 aliphatic heterocycles. The van der Waals surface area contributed by atoms with Gasteiger partial charge < -0.3 is 0 Å². The van der Waals surface area contributed by atoms with E-state index in [0.29, 0.717) is 11.7 Å². The molecule has 110 valence electrons. The van der Waals surface area contributed by atoms with Crippen molar-refractivity contribution in [2.45, 2.75) is 19.8 Å². The molecule has 1 N–H and O–H groups in total. The van der Waals surface area contributed by atoms with Crippen LogP contribution in [-0.4, -0.2) is 35.0 Å². The van der Waals surface area contributed by atoms with Gasteiger partial charge in [0.25, 0.3) is 0 Å². The maximum atomic E-state index is 4.59. The van der Waals surface area contributed by atoms with Crippen LogP contribution >= 0.6 is 11.3 Å². The van der Waals surface area contributed by atoms with E-state index in [-0.39, 0.29) is 0 Å². The molecule has 0 aromatic carbocycles. The zero-order valence-electron chi connectivity index (χ0n) is 12.1. The number of aromatic amines is 1. The van der Waals surface area contributed by atoms with Gasteiger partial charge in [-0.1, -0.05) is 25.2 Å². The van der Waals surface area contributed by atoms with Crippen molar-refractivity contribution in [3.05, 3.63) is 36.3 Å². The molecule has 4 rings (SSSR count). The molecule has 4 aromatic heterocycles. The van der Waals surface area contributed by atoms with E-state index in [1.807, 2.05) is 18.2 Å². The van der Waals surface area contributed by atoms with Gasteiger partial charge in [0.2, 0.25) is 4.96 Å². The van der Waals surface area contributed by atoms with Crippen molar-refractivity contribution >= 4 is 16.3 Å². The summed E-state index contributed by atoms with van der Waals surface area (Å²) < 4.78 is 1.74. The van der Waals surface area contributed by atoms with Crippen LogP contribution in [0.15, 0.2) is 30.6 Å². The van der Waals surface area contributed by atoms with E-state index in [4.69, 9.17) is 0 Å². The molecule has 7 nitrogen and oxygen atoms in total. The van der Waals surface area contributed by atoms with Gasteiger partial charge in [-0.05, 0) is 24.1 Å². The van der Waals surface area contributed by atoms with E-state index in [1.54, 1.807) is 16.9 Å². The van der Waals surface area contributed by atoms with E-state index in [0.717, 1.165) is 26.9 Å². The summed E-state index contributed by atoms with van der Waals surface area (Å²) in [6, 6.07) is 5.83. The molecule has 8 heteroatoms. The number of aromatic nitrogens is 7. The molecule has 0 spiro atoms. The summed E-state index contributed by atoms with van der Waals surface area (Å²) in [5.41, 5.74) is 2.81. The Labute approximate surface area is 130 Å². The molecular formula is C14H13N7S. The van der Waals surface area contributed by atoms with Crippen LogP contribution in [0.2, 0.25) is 0 Å². The average molecular weight is 311 g/mol. The Morgan fingerprint density at radius 1 is 1.27 bits per heavy atom. The number of rotatable bonds is 3. The van der Waals surface area contributed by atoms with Crippen LogP contribution in [-0.2, 0) is 0 Å². The standard InChI is InChI=1S/C14H13N7S/c1-8(2)10-6-11(17-16-10)13-20-21-12(18-19-14(21)22-13)9-4-3-5-15-7-9/h3-8H,1-2H3,(H,16,17). The molecule has 0 amide bonds. The highest BCUT2D eigenvalue weighted by atomic mass is 32.1. The molecular weight excluding hydrogens is 298 g/mol. The van der Waals surface area contributed by atoms with Gasteiger partial charge in [0.1, 0.15) is 5.69 Å². The molecule has 0 radical (unpaired) electrons. The lowest BCUT2D eigenvalue weighted by Crippen LogP contribution is -1.91. The predicted octanol–water partition coefficient (Wildman–Crippen LogP) is 2.76. The number of fused-ring (bicyclic) bond motifs is 1. The smallest absolute Gasteiger partial charge is 0.235 e. The average Bonchev–Trinajstić information content (AvgIpc) is 3.22. The largest absolute Gasteiger partial charge is 0.282 e. The molecule has 0 aliphatic carbocycles. The van der Waals surface area contributed by atoms with Gasteiger partial charge in [-0.3, -0.25) is 10.1 Å².